The molecule has 3 rings (SSSR count). The smallest absolute Gasteiger partial charge is 0.331 e. The van der Waals surface area contributed by atoms with Gasteiger partial charge in [0.2, 0.25) is 0 Å². The first-order chi connectivity index (χ1) is 10.1. The quantitative estimate of drug-likeness (QED) is 0.723. The molecule has 0 bridgehead atoms. The Kier molecular flexibility index (Phi) is 3.79. The number of aromatic nitrogens is 2. The van der Waals surface area contributed by atoms with E-state index in [-0.39, 0.29) is 6.73 Å². The van der Waals surface area contributed by atoms with E-state index in [1.807, 2.05) is 6.92 Å². The fraction of sp³-hybridized carbons (Fsp3) is 0.231. The summed E-state index contributed by atoms with van der Waals surface area (Å²) in [5.74, 6) is 0. The fourth-order valence-corrected chi connectivity index (χ4v) is 3.34. The van der Waals surface area contributed by atoms with Gasteiger partial charge in [0.25, 0.3) is 5.56 Å². The van der Waals surface area contributed by atoms with Crippen LogP contribution in [0.15, 0.2) is 37.7 Å². The highest BCUT2D eigenvalue weighted by atomic mass is 35.5. The zero-order chi connectivity index (χ0) is 15.0. The molecule has 2 aromatic rings. The van der Waals surface area contributed by atoms with Crippen LogP contribution in [0.1, 0.15) is 6.92 Å². The number of hydrogen-bond acceptors (Lipinski definition) is 5. The molecule has 0 saturated heterocycles. The zero-order valence-electron chi connectivity index (χ0n) is 11.1. The number of nitrogens with one attached hydrogen (secondary N) is 2. The second-order valence-corrected chi connectivity index (χ2v) is 5.82. The van der Waals surface area contributed by atoms with Gasteiger partial charge < -0.3 is 10.1 Å². The largest absolute Gasteiger partial charge is 0.361 e. The molecule has 21 heavy (non-hydrogen) atoms. The maximum Gasteiger partial charge on any atom is 0.331 e. The summed E-state index contributed by atoms with van der Waals surface area (Å²) in [6.07, 6.45) is 0. The van der Waals surface area contributed by atoms with Crippen molar-refractivity contribution in [3.8, 4) is 0 Å². The molecule has 0 amide bonds. The molecule has 1 aliphatic rings. The molecule has 0 fully saturated rings. The number of aromatic amines is 1. The third-order valence-electron chi connectivity index (χ3n) is 2.99. The Balaban J connectivity index is 2.14. The first kappa shape index (κ1) is 14.2. The lowest BCUT2D eigenvalue weighted by Crippen LogP contribution is -2.34. The summed E-state index contributed by atoms with van der Waals surface area (Å²) >= 11 is 7.31. The topological polar surface area (TPSA) is 76.1 Å². The number of nitrogens with zero attached hydrogens (tertiary/aromatic N) is 1. The molecule has 0 saturated carbocycles. The summed E-state index contributed by atoms with van der Waals surface area (Å²) in [6, 6.07) is 5.32. The van der Waals surface area contributed by atoms with Crippen LogP contribution in [0.3, 0.4) is 0 Å². The molecule has 0 atom stereocenters. The van der Waals surface area contributed by atoms with Crippen molar-refractivity contribution < 1.29 is 4.74 Å². The predicted molar refractivity (Wildman–Crippen MR) is 81.8 cm³/mol. The van der Waals surface area contributed by atoms with E-state index in [4.69, 9.17) is 16.3 Å². The highest BCUT2D eigenvalue weighted by Gasteiger charge is 2.23. The SMILES string of the molecule is CCOCn1c2c(c(=O)[nH]c1=O)Nc1ccc(Cl)cc1S2. The Bertz CT molecular complexity index is 815. The average molecular weight is 326 g/mol. The Morgan fingerprint density at radius 1 is 1.38 bits per heavy atom. The summed E-state index contributed by atoms with van der Waals surface area (Å²) in [7, 11) is 0. The highest BCUT2D eigenvalue weighted by Crippen LogP contribution is 2.42. The molecule has 110 valence electrons. The summed E-state index contributed by atoms with van der Waals surface area (Å²) < 4.78 is 6.68. The second-order valence-electron chi connectivity index (χ2n) is 4.36. The van der Waals surface area contributed by atoms with E-state index in [2.05, 4.69) is 10.3 Å². The van der Waals surface area contributed by atoms with Crippen molar-refractivity contribution in [2.75, 3.05) is 11.9 Å². The van der Waals surface area contributed by atoms with Crippen molar-refractivity contribution >= 4 is 34.7 Å². The predicted octanol–water partition coefficient (Wildman–Crippen LogP) is 2.39. The lowest BCUT2D eigenvalue weighted by molar-refractivity contribution is 0.0785. The van der Waals surface area contributed by atoms with Gasteiger partial charge in [-0.1, -0.05) is 23.4 Å². The normalized spacial score (nSPS) is 12.5. The molecule has 0 aliphatic carbocycles. The van der Waals surface area contributed by atoms with E-state index in [1.165, 1.54) is 16.3 Å². The lowest BCUT2D eigenvalue weighted by Gasteiger charge is -2.22. The number of H-pyrrole nitrogens is 1. The number of rotatable bonds is 3. The highest BCUT2D eigenvalue weighted by molar-refractivity contribution is 7.99. The van der Waals surface area contributed by atoms with E-state index in [1.54, 1.807) is 18.2 Å². The number of hydrogen-bond donors (Lipinski definition) is 2. The van der Waals surface area contributed by atoms with E-state index in [9.17, 15) is 9.59 Å². The molecule has 0 unspecified atom stereocenters. The van der Waals surface area contributed by atoms with Crippen molar-refractivity contribution in [1.29, 1.82) is 0 Å². The minimum Gasteiger partial charge on any atom is -0.361 e. The van der Waals surface area contributed by atoms with Crippen molar-refractivity contribution in [1.82, 2.24) is 9.55 Å². The average Bonchev–Trinajstić information content (AvgIpc) is 2.45. The molecule has 0 radical (unpaired) electrons. The molecule has 1 aliphatic heterocycles. The number of fused-ring (bicyclic) bond motifs is 2. The van der Waals surface area contributed by atoms with Crippen LogP contribution in [0.25, 0.3) is 0 Å². The number of halogens is 1. The van der Waals surface area contributed by atoms with Crippen LogP contribution in [0.5, 0.6) is 0 Å². The van der Waals surface area contributed by atoms with Crippen LogP contribution >= 0.6 is 23.4 Å². The van der Waals surface area contributed by atoms with Crippen LogP contribution in [-0.4, -0.2) is 16.2 Å². The van der Waals surface area contributed by atoms with Crippen molar-refractivity contribution in [3.05, 3.63) is 44.1 Å². The molecular weight excluding hydrogens is 314 g/mol. The molecule has 6 nitrogen and oxygen atoms in total. The van der Waals surface area contributed by atoms with Crippen molar-refractivity contribution in [3.63, 3.8) is 0 Å². The van der Waals surface area contributed by atoms with Gasteiger partial charge in [-0.25, -0.2) is 4.79 Å². The van der Waals surface area contributed by atoms with Crippen LogP contribution in [0, 0.1) is 0 Å². The maximum atomic E-state index is 12.0. The third kappa shape index (κ3) is 2.59. The minimum absolute atomic E-state index is 0.0824. The maximum absolute atomic E-state index is 12.0. The second kappa shape index (κ2) is 5.59. The number of anilines is 2. The van der Waals surface area contributed by atoms with Crippen molar-refractivity contribution in [2.45, 2.75) is 23.6 Å². The van der Waals surface area contributed by atoms with Gasteiger partial charge in [0.15, 0.2) is 0 Å². The first-order valence-corrected chi connectivity index (χ1v) is 7.49. The van der Waals surface area contributed by atoms with E-state index < -0.39 is 11.2 Å². The van der Waals surface area contributed by atoms with Gasteiger partial charge in [0.05, 0.1) is 5.69 Å². The first-order valence-electron chi connectivity index (χ1n) is 6.29. The van der Waals surface area contributed by atoms with Gasteiger partial charge in [-0.05, 0) is 25.1 Å². The van der Waals surface area contributed by atoms with Gasteiger partial charge in [-0.15, -0.1) is 0 Å². The monoisotopic (exact) mass is 325 g/mol. The summed E-state index contributed by atoms with van der Waals surface area (Å²) in [6.45, 7) is 2.39. The molecule has 1 aromatic carbocycles. The standard InChI is InChI=1S/C13H12ClN3O3S/c1-2-20-6-17-12-10(11(18)16-13(17)19)15-8-4-3-7(14)5-9(8)21-12/h3-5,15H,2,6H2,1H3,(H,16,18,19). The van der Waals surface area contributed by atoms with Gasteiger partial charge in [-0.3, -0.25) is 14.3 Å². The molecule has 1 aromatic heterocycles. The van der Waals surface area contributed by atoms with E-state index in [0.717, 1.165) is 10.6 Å². The lowest BCUT2D eigenvalue weighted by atomic mass is 10.3. The van der Waals surface area contributed by atoms with Crippen molar-refractivity contribution in [2.24, 2.45) is 0 Å². The van der Waals surface area contributed by atoms with E-state index >= 15 is 0 Å². The Morgan fingerprint density at radius 2 is 2.19 bits per heavy atom. The number of benzene rings is 1. The summed E-state index contributed by atoms with van der Waals surface area (Å²) in [5.41, 5.74) is 0.181. The summed E-state index contributed by atoms with van der Waals surface area (Å²) in [4.78, 5) is 27.1. The summed E-state index contributed by atoms with van der Waals surface area (Å²) in [5, 5.41) is 4.15. The molecular formula is C13H12ClN3O3S. The fourth-order valence-electron chi connectivity index (χ4n) is 1.99. The Labute approximate surface area is 129 Å². The molecule has 2 heterocycles. The Morgan fingerprint density at radius 3 is 2.95 bits per heavy atom. The van der Waals surface area contributed by atoms with Gasteiger partial charge in [0, 0.05) is 16.5 Å². The van der Waals surface area contributed by atoms with Crippen LogP contribution in [0.2, 0.25) is 5.02 Å². The molecule has 2 N–H and O–H groups in total. The minimum atomic E-state index is -0.494. The number of ether oxygens (including phenoxy) is 1. The van der Waals surface area contributed by atoms with Gasteiger partial charge in [0.1, 0.15) is 17.4 Å². The van der Waals surface area contributed by atoms with Crippen LogP contribution in [-0.2, 0) is 11.5 Å². The van der Waals surface area contributed by atoms with Crippen LogP contribution in [0.4, 0.5) is 11.4 Å². The zero-order valence-corrected chi connectivity index (χ0v) is 12.7. The van der Waals surface area contributed by atoms with Gasteiger partial charge in [-0.2, -0.15) is 0 Å². The van der Waals surface area contributed by atoms with Gasteiger partial charge >= 0.3 is 5.69 Å². The molecule has 0 spiro atoms. The Hall–Kier alpha value is -1.70. The van der Waals surface area contributed by atoms with Crippen LogP contribution < -0.4 is 16.6 Å². The molecule has 8 heteroatoms. The van der Waals surface area contributed by atoms with E-state index in [0.29, 0.717) is 22.3 Å². The third-order valence-corrected chi connectivity index (χ3v) is 4.40.